The lowest BCUT2D eigenvalue weighted by molar-refractivity contribution is -0.167. The summed E-state index contributed by atoms with van der Waals surface area (Å²) >= 11 is 1.40. The quantitative estimate of drug-likeness (QED) is 0.495. The van der Waals surface area contributed by atoms with Crippen molar-refractivity contribution < 1.29 is 24.5 Å². The van der Waals surface area contributed by atoms with Gasteiger partial charge in [0, 0.05) is 5.75 Å². The normalized spacial score (nSPS) is 14.3. The number of carbonyl (C=O) groups is 2. The van der Waals surface area contributed by atoms with E-state index in [1.54, 1.807) is 0 Å². The summed E-state index contributed by atoms with van der Waals surface area (Å²) < 4.78 is 4.61. The van der Waals surface area contributed by atoms with Crippen LogP contribution in [0.15, 0.2) is 0 Å². The van der Waals surface area contributed by atoms with Crippen LogP contribution < -0.4 is 0 Å². The van der Waals surface area contributed by atoms with Crippen LogP contribution in [0.4, 0.5) is 0 Å². The van der Waals surface area contributed by atoms with E-state index in [1.165, 1.54) is 18.7 Å². The lowest BCUT2D eigenvalue weighted by atomic mass is 10.4. The first kappa shape index (κ1) is 14.2. The molecular formula is C9H16O5S. The average molecular weight is 236 g/mol. The Morgan fingerprint density at radius 2 is 2.07 bits per heavy atom. The summed E-state index contributed by atoms with van der Waals surface area (Å²) in [6.07, 6.45) is -1.53. The molecule has 88 valence electrons. The minimum atomic E-state index is -1.29. The highest BCUT2D eigenvalue weighted by Crippen LogP contribution is 2.08. The summed E-state index contributed by atoms with van der Waals surface area (Å²) in [6.45, 7) is 3.21. The Labute approximate surface area is 92.8 Å². The van der Waals surface area contributed by atoms with Crippen molar-refractivity contribution in [2.24, 2.45) is 0 Å². The molecule has 6 heteroatoms. The monoisotopic (exact) mass is 236 g/mol. The second-order valence-corrected chi connectivity index (χ2v) is 4.16. The van der Waals surface area contributed by atoms with Crippen molar-refractivity contribution in [2.45, 2.75) is 32.5 Å². The zero-order chi connectivity index (χ0) is 11.8. The van der Waals surface area contributed by atoms with Gasteiger partial charge >= 0.3 is 11.9 Å². The number of carboxylic acid groups (broad SMARTS) is 1. The van der Waals surface area contributed by atoms with Crippen molar-refractivity contribution >= 4 is 23.7 Å². The van der Waals surface area contributed by atoms with E-state index in [9.17, 15) is 9.59 Å². The van der Waals surface area contributed by atoms with Gasteiger partial charge in [-0.2, -0.15) is 11.8 Å². The Balaban J connectivity index is 4.05. The van der Waals surface area contributed by atoms with E-state index in [0.29, 0.717) is 0 Å². The summed E-state index contributed by atoms with van der Waals surface area (Å²) in [5, 5.41) is 17.6. The van der Waals surface area contributed by atoms with Gasteiger partial charge < -0.3 is 14.9 Å². The van der Waals surface area contributed by atoms with Gasteiger partial charge in [0.15, 0.2) is 0 Å². The third-order valence-electron chi connectivity index (χ3n) is 1.49. The van der Waals surface area contributed by atoms with Crippen molar-refractivity contribution in [1.29, 1.82) is 0 Å². The fourth-order valence-electron chi connectivity index (χ4n) is 0.729. The number of rotatable bonds is 7. The number of ether oxygens (including phenoxy) is 1. The molecule has 0 aromatic rings. The van der Waals surface area contributed by atoms with Gasteiger partial charge in [0.05, 0.1) is 0 Å². The maximum absolute atomic E-state index is 10.9. The van der Waals surface area contributed by atoms with Crippen LogP contribution in [0.3, 0.4) is 0 Å². The smallest absolute Gasteiger partial charge is 0.345 e. The topological polar surface area (TPSA) is 83.8 Å². The molecule has 0 aliphatic heterocycles. The first-order valence-electron chi connectivity index (χ1n) is 4.68. The summed E-state index contributed by atoms with van der Waals surface area (Å²) in [4.78, 5) is 21.6. The van der Waals surface area contributed by atoms with Crippen molar-refractivity contribution in [2.75, 3.05) is 11.5 Å². The molecule has 0 amide bonds. The number of aliphatic hydroxyl groups excluding tert-OH is 1. The van der Waals surface area contributed by atoms with E-state index in [0.717, 1.165) is 12.2 Å². The zero-order valence-electron chi connectivity index (χ0n) is 8.80. The fraction of sp³-hybridized carbons (Fsp3) is 0.778. The van der Waals surface area contributed by atoms with E-state index >= 15 is 0 Å². The first-order valence-corrected chi connectivity index (χ1v) is 5.83. The van der Waals surface area contributed by atoms with E-state index in [2.05, 4.69) is 4.74 Å². The largest absolute Gasteiger partial charge is 0.478 e. The molecular weight excluding hydrogens is 220 g/mol. The van der Waals surface area contributed by atoms with Gasteiger partial charge in [0.1, 0.15) is 6.10 Å². The molecule has 0 bridgehead atoms. The number of aliphatic carboxylic acids is 1. The van der Waals surface area contributed by atoms with Gasteiger partial charge in [-0.1, -0.05) is 6.92 Å². The number of hydrogen-bond acceptors (Lipinski definition) is 5. The Bertz CT molecular complexity index is 217. The van der Waals surface area contributed by atoms with Crippen LogP contribution in [-0.2, 0) is 14.3 Å². The van der Waals surface area contributed by atoms with E-state index < -0.39 is 24.1 Å². The minimum Gasteiger partial charge on any atom is -0.478 e. The highest BCUT2D eigenvalue weighted by molar-refractivity contribution is 7.99. The molecule has 0 fully saturated rings. The second-order valence-electron chi connectivity index (χ2n) is 3.01. The number of thioether (sulfide) groups is 1. The molecule has 2 N–H and O–H groups in total. The molecule has 0 rings (SSSR count). The SMILES string of the molecule is CCCSCC(OC(=O)C(C)O)C(=O)O. The van der Waals surface area contributed by atoms with Crippen LogP contribution in [-0.4, -0.2) is 45.9 Å². The van der Waals surface area contributed by atoms with Crippen molar-refractivity contribution in [3.63, 3.8) is 0 Å². The number of carboxylic acids is 1. The number of esters is 1. The van der Waals surface area contributed by atoms with Crippen molar-refractivity contribution in [3.05, 3.63) is 0 Å². The minimum absolute atomic E-state index is 0.210. The number of carbonyl (C=O) groups excluding carboxylic acids is 1. The maximum atomic E-state index is 10.9. The van der Waals surface area contributed by atoms with Crippen LogP contribution in [0.2, 0.25) is 0 Å². The highest BCUT2D eigenvalue weighted by atomic mass is 32.2. The first-order chi connectivity index (χ1) is 6.99. The Hall–Kier alpha value is -0.750. The third kappa shape index (κ3) is 6.35. The van der Waals surface area contributed by atoms with Gasteiger partial charge in [-0.15, -0.1) is 0 Å². The second kappa shape index (κ2) is 7.53. The molecule has 2 unspecified atom stereocenters. The fourth-order valence-corrected chi connectivity index (χ4v) is 1.61. The van der Waals surface area contributed by atoms with Gasteiger partial charge in [0.25, 0.3) is 0 Å². The number of aliphatic hydroxyl groups is 1. The zero-order valence-corrected chi connectivity index (χ0v) is 9.62. The molecule has 2 atom stereocenters. The van der Waals surface area contributed by atoms with Gasteiger partial charge in [-0.25, -0.2) is 9.59 Å². The van der Waals surface area contributed by atoms with Crippen LogP contribution in [0.25, 0.3) is 0 Å². The molecule has 0 radical (unpaired) electrons. The Kier molecular flexibility index (Phi) is 7.15. The molecule has 0 aromatic heterocycles. The van der Waals surface area contributed by atoms with Crippen LogP contribution in [0, 0.1) is 0 Å². The molecule has 0 aromatic carbocycles. The van der Waals surface area contributed by atoms with Crippen LogP contribution in [0.1, 0.15) is 20.3 Å². The summed E-state index contributed by atoms with van der Waals surface area (Å²) in [7, 11) is 0. The predicted molar refractivity (Wildman–Crippen MR) is 56.8 cm³/mol. The van der Waals surface area contributed by atoms with Crippen molar-refractivity contribution in [1.82, 2.24) is 0 Å². The maximum Gasteiger partial charge on any atom is 0.345 e. The third-order valence-corrected chi connectivity index (χ3v) is 2.73. The van der Waals surface area contributed by atoms with Crippen molar-refractivity contribution in [3.8, 4) is 0 Å². The Morgan fingerprint density at radius 3 is 2.47 bits per heavy atom. The van der Waals surface area contributed by atoms with E-state index in [-0.39, 0.29) is 5.75 Å². The van der Waals surface area contributed by atoms with Crippen LogP contribution in [0.5, 0.6) is 0 Å². The Morgan fingerprint density at radius 1 is 1.47 bits per heavy atom. The number of hydrogen-bond donors (Lipinski definition) is 2. The molecule has 15 heavy (non-hydrogen) atoms. The standard InChI is InChI=1S/C9H16O5S/c1-3-4-15-5-7(8(11)12)14-9(13)6(2)10/h6-7,10H,3-5H2,1-2H3,(H,11,12). The molecule has 0 saturated heterocycles. The molecule has 0 aliphatic carbocycles. The van der Waals surface area contributed by atoms with Gasteiger partial charge in [0.2, 0.25) is 6.10 Å². The summed E-state index contributed by atoms with van der Waals surface area (Å²) in [6, 6.07) is 0. The molecule has 0 aliphatic rings. The summed E-state index contributed by atoms with van der Waals surface area (Å²) in [5.41, 5.74) is 0. The van der Waals surface area contributed by atoms with Crippen LogP contribution >= 0.6 is 11.8 Å². The molecule has 0 saturated carbocycles. The molecule has 0 spiro atoms. The average Bonchev–Trinajstić information content (AvgIpc) is 2.15. The van der Waals surface area contributed by atoms with Gasteiger partial charge in [-0.05, 0) is 19.1 Å². The molecule has 0 heterocycles. The van der Waals surface area contributed by atoms with E-state index in [4.69, 9.17) is 10.2 Å². The highest BCUT2D eigenvalue weighted by Gasteiger charge is 2.23. The predicted octanol–water partition coefficient (Wildman–Crippen LogP) is 0.507. The molecule has 5 nitrogen and oxygen atoms in total. The summed E-state index contributed by atoms with van der Waals surface area (Å²) in [5.74, 6) is -1.07. The lowest BCUT2D eigenvalue weighted by Gasteiger charge is -2.14. The lowest BCUT2D eigenvalue weighted by Crippen LogP contribution is -2.33. The van der Waals surface area contributed by atoms with E-state index in [1.807, 2.05) is 6.92 Å². The van der Waals surface area contributed by atoms with Gasteiger partial charge in [-0.3, -0.25) is 0 Å².